The summed E-state index contributed by atoms with van der Waals surface area (Å²) in [6.45, 7) is 5.09. The fourth-order valence-electron chi connectivity index (χ4n) is 1.23. The van der Waals surface area contributed by atoms with Crippen LogP contribution in [0.3, 0.4) is 0 Å². The number of ether oxygens (including phenoxy) is 1. The van der Waals surface area contributed by atoms with Crippen molar-refractivity contribution in [3.05, 3.63) is 12.2 Å². The number of hydrogen-bond acceptors (Lipinski definition) is 4. The molecule has 1 aromatic rings. The minimum absolute atomic E-state index is 0.668. The summed E-state index contributed by atoms with van der Waals surface area (Å²) in [4.78, 5) is 4.02. The maximum absolute atomic E-state index is 5.22. The van der Waals surface area contributed by atoms with Crippen LogP contribution in [0.4, 0.5) is 0 Å². The first-order valence-corrected chi connectivity index (χ1v) is 6.17. The van der Waals surface area contributed by atoms with E-state index < -0.39 is 0 Å². The second kappa shape index (κ2) is 8.89. The first-order valence-electron chi connectivity index (χ1n) is 5.76. The Balaban J connectivity index is 1.94. The molecule has 6 nitrogen and oxygen atoms in total. The zero-order valence-corrected chi connectivity index (χ0v) is 10.8. The second-order valence-electron chi connectivity index (χ2n) is 3.42. The summed E-state index contributed by atoms with van der Waals surface area (Å²) >= 11 is 5.12. The van der Waals surface area contributed by atoms with E-state index in [1.54, 1.807) is 0 Å². The summed E-state index contributed by atoms with van der Waals surface area (Å²) < 4.78 is 5.22. The van der Waals surface area contributed by atoms with Crippen molar-refractivity contribution in [1.82, 2.24) is 25.8 Å². The summed E-state index contributed by atoms with van der Waals surface area (Å²) in [6, 6.07) is 0. The van der Waals surface area contributed by atoms with Gasteiger partial charge in [-0.2, -0.15) is 5.10 Å². The van der Waals surface area contributed by atoms with Crippen molar-refractivity contribution < 1.29 is 4.74 Å². The number of rotatable bonds is 8. The molecule has 96 valence electrons. The molecule has 0 aromatic carbocycles. The lowest BCUT2D eigenvalue weighted by Gasteiger charge is -2.09. The lowest BCUT2D eigenvalue weighted by atomic mass is 10.4. The molecule has 0 saturated heterocycles. The highest BCUT2D eigenvalue weighted by molar-refractivity contribution is 7.80. The highest BCUT2D eigenvalue weighted by Gasteiger charge is 1.97. The van der Waals surface area contributed by atoms with Gasteiger partial charge in [0.25, 0.3) is 0 Å². The van der Waals surface area contributed by atoms with Gasteiger partial charge in [-0.3, -0.25) is 5.10 Å². The summed E-state index contributed by atoms with van der Waals surface area (Å²) in [5.74, 6) is 0.858. The van der Waals surface area contributed by atoms with Crippen molar-refractivity contribution in [3.63, 3.8) is 0 Å². The van der Waals surface area contributed by atoms with Crippen molar-refractivity contribution >= 4 is 17.3 Å². The van der Waals surface area contributed by atoms with Crippen molar-refractivity contribution in [1.29, 1.82) is 0 Å². The van der Waals surface area contributed by atoms with E-state index in [9.17, 15) is 0 Å². The van der Waals surface area contributed by atoms with Crippen LogP contribution in [0.1, 0.15) is 19.2 Å². The molecule has 0 aliphatic rings. The molecule has 1 rings (SSSR count). The van der Waals surface area contributed by atoms with Crippen LogP contribution in [0.25, 0.3) is 0 Å². The van der Waals surface area contributed by atoms with Gasteiger partial charge in [0.05, 0.1) is 0 Å². The number of thiocarbonyl (C=S) groups is 1. The van der Waals surface area contributed by atoms with Crippen LogP contribution < -0.4 is 10.6 Å². The Bertz CT molecular complexity index is 304. The average molecular weight is 257 g/mol. The summed E-state index contributed by atoms with van der Waals surface area (Å²) in [5.41, 5.74) is 0. The van der Waals surface area contributed by atoms with Crippen LogP contribution >= 0.6 is 12.2 Å². The average Bonchev–Trinajstić information content (AvgIpc) is 2.82. The van der Waals surface area contributed by atoms with Gasteiger partial charge in [-0.05, 0) is 25.6 Å². The summed E-state index contributed by atoms with van der Waals surface area (Å²) in [5, 5.41) is 13.5. The molecule has 1 heterocycles. The van der Waals surface area contributed by atoms with Crippen LogP contribution in [-0.2, 0) is 11.2 Å². The smallest absolute Gasteiger partial charge is 0.166 e. The zero-order chi connectivity index (χ0) is 12.3. The number of aromatic amines is 1. The molecule has 0 saturated carbocycles. The Labute approximate surface area is 107 Å². The lowest BCUT2D eigenvalue weighted by molar-refractivity contribution is 0.145. The van der Waals surface area contributed by atoms with E-state index in [1.807, 2.05) is 6.92 Å². The highest BCUT2D eigenvalue weighted by Crippen LogP contribution is 1.85. The SMILES string of the molecule is CCOCCCNC(=S)NCCc1ncn[nH]1. The first-order chi connectivity index (χ1) is 8.33. The van der Waals surface area contributed by atoms with Gasteiger partial charge >= 0.3 is 0 Å². The minimum atomic E-state index is 0.668. The third kappa shape index (κ3) is 6.85. The fraction of sp³-hybridized carbons (Fsp3) is 0.700. The van der Waals surface area contributed by atoms with Gasteiger partial charge in [-0.15, -0.1) is 0 Å². The maximum atomic E-state index is 5.22. The molecule has 0 bridgehead atoms. The normalized spacial score (nSPS) is 10.2. The Hall–Kier alpha value is -1.21. The van der Waals surface area contributed by atoms with E-state index in [-0.39, 0.29) is 0 Å². The van der Waals surface area contributed by atoms with Gasteiger partial charge in [0.2, 0.25) is 0 Å². The van der Waals surface area contributed by atoms with Crippen molar-refractivity contribution in [2.24, 2.45) is 0 Å². The molecule has 0 aliphatic heterocycles. The molecular formula is C10H19N5OS. The Kier molecular flexibility index (Phi) is 7.24. The molecule has 3 N–H and O–H groups in total. The van der Waals surface area contributed by atoms with E-state index in [4.69, 9.17) is 17.0 Å². The number of nitrogens with one attached hydrogen (secondary N) is 3. The maximum Gasteiger partial charge on any atom is 0.166 e. The summed E-state index contributed by atoms with van der Waals surface area (Å²) in [7, 11) is 0. The largest absolute Gasteiger partial charge is 0.382 e. The molecule has 0 aliphatic carbocycles. The quantitative estimate of drug-likeness (QED) is 0.457. The van der Waals surface area contributed by atoms with E-state index in [0.717, 1.165) is 45.0 Å². The Morgan fingerprint density at radius 1 is 1.47 bits per heavy atom. The highest BCUT2D eigenvalue weighted by atomic mass is 32.1. The molecule has 0 spiro atoms. The molecule has 0 amide bonds. The fourth-order valence-corrected chi connectivity index (χ4v) is 1.43. The molecular weight excluding hydrogens is 238 g/mol. The third-order valence-electron chi connectivity index (χ3n) is 2.07. The number of nitrogens with zero attached hydrogens (tertiary/aromatic N) is 2. The minimum Gasteiger partial charge on any atom is -0.382 e. The molecule has 0 fully saturated rings. The van der Waals surface area contributed by atoms with E-state index in [1.165, 1.54) is 6.33 Å². The number of hydrogen-bond donors (Lipinski definition) is 3. The van der Waals surface area contributed by atoms with Crippen LogP contribution in [-0.4, -0.2) is 46.6 Å². The zero-order valence-electron chi connectivity index (χ0n) is 10.0. The van der Waals surface area contributed by atoms with Crippen LogP contribution in [0.5, 0.6) is 0 Å². The van der Waals surface area contributed by atoms with Gasteiger partial charge in [0.1, 0.15) is 12.2 Å². The van der Waals surface area contributed by atoms with Crippen molar-refractivity contribution in [2.45, 2.75) is 19.8 Å². The van der Waals surface area contributed by atoms with Crippen LogP contribution in [0.2, 0.25) is 0 Å². The van der Waals surface area contributed by atoms with E-state index in [2.05, 4.69) is 25.8 Å². The molecule has 0 atom stereocenters. The van der Waals surface area contributed by atoms with Crippen molar-refractivity contribution in [3.8, 4) is 0 Å². The standard InChI is InChI=1S/C10H19N5OS/c1-2-16-7-3-5-11-10(17)12-6-4-9-13-8-14-15-9/h8H,2-7H2,1H3,(H2,11,12,17)(H,13,14,15). The van der Waals surface area contributed by atoms with E-state index >= 15 is 0 Å². The molecule has 17 heavy (non-hydrogen) atoms. The second-order valence-corrected chi connectivity index (χ2v) is 3.82. The number of H-pyrrole nitrogens is 1. The molecule has 7 heteroatoms. The predicted molar refractivity (Wildman–Crippen MR) is 69.8 cm³/mol. The summed E-state index contributed by atoms with van der Waals surface area (Å²) in [6.07, 6.45) is 3.23. The number of aromatic nitrogens is 3. The van der Waals surface area contributed by atoms with Crippen LogP contribution in [0, 0.1) is 0 Å². The Morgan fingerprint density at radius 3 is 3.00 bits per heavy atom. The third-order valence-corrected chi connectivity index (χ3v) is 2.36. The van der Waals surface area contributed by atoms with E-state index in [0.29, 0.717) is 5.11 Å². The van der Waals surface area contributed by atoms with Crippen molar-refractivity contribution in [2.75, 3.05) is 26.3 Å². The first kappa shape index (κ1) is 13.9. The molecule has 0 radical (unpaired) electrons. The monoisotopic (exact) mass is 257 g/mol. The molecule has 1 aromatic heterocycles. The van der Waals surface area contributed by atoms with Crippen LogP contribution in [0.15, 0.2) is 6.33 Å². The Morgan fingerprint density at radius 2 is 2.29 bits per heavy atom. The van der Waals surface area contributed by atoms with Gasteiger partial charge in [-0.1, -0.05) is 0 Å². The van der Waals surface area contributed by atoms with Gasteiger partial charge < -0.3 is 15.4 Å². The lowest BCUT2D eigenvalue weighted by Crippen LogP contribution is -2.37. The van der Waals surface area contributed by atoms with Gasteiger partial charge in [-0.25, -0.2) is 4.98 Å². The van der Waals surface area contributed by atoms with Gasteiger partial charge in [0.15, 0.2) is 5.11 Å². The van der Waals surface area contributed by atoms with Gasteiger partial charge in [0, 0.05) is 32.7 Å². The predicted octanol–water partition coefficient (Wildman–Crippen LogP) is 0.238. The molecule has 0 unspecified atom stereocenters. The topological polar surface area (TPSA) is 74.9 Å².